The van der Waals surface area contributed by atoms with Crippen LogP contribution in [0.4, 0.5) is 11.4 Å². The van der Waals surface area contributed by atoms with Gasteiger partial charge in [-0.3, -0.25) is 9.59 Å². The SMILES string of the molecule is CCCOc1cccc(C(=O)Nc2cccc(NC(=O)COc3ccccc3)c2)c1. The molecule has 0 spiro atoms. The van der Waals surface area contributed by atoms with E-state index in [0.717, 1.165) is 6.42 Å². The third kappa shape index (κ3) is 6.38. The maximum Gasteiger partial charge on any atom is 0.262 e. The van der Waals surface area contributed by atoms with Gasteiger partial charge in [-0.2, -0.15) is 0 Å². The number of benzene rings is 3. The molecule has 2 N–H and O–H groups in total. The lowest BCUT2D eigenvalue weighted by atomic mass is 10.2. The molecule has 0 aliphatic carbocycles. The molecule has 0 unspecified atom stereocenters. The third-order valence-electron chi connectivity index (χ3n) is 4.09. The van der Waals surface area contributed by atoms with Crippen molar-refractivity contribution in [2.75, 3.05) is 23.8 Å². The standard InChI is InChI=1S/C24H24N2O4/c1-2-14-29-22-13-6-8-18(15-22)24(28)26-20-10-7-9-19(16-20)25-23(27)17-30-21-11-4-3-5-12-21/h3-13,15-16H,2,14,17H2,1H3,(H,25,27)(H,26,28). The Balaban J connectivity index is 1.57. The summed E-state index contributed by atoms with van der Waals surface area (Å²) in [6.07, 6.45) is 0.894. The van der Waals surface area contributed by atoms with Crippen molar-refractivity contribution in [1.82, 2.24) is 0 Å². The number of carbonyl (C=O) groups is 2. The van der Waals surface area contributed by atoms with E-state index in [0.29, 0.717) is 35.0 Å². The van der Waals surface area contributed by atoms with Crippen LogP contribution in [0.15, 0.2) is 78.9 Å². The normalized spacial score (nSPS) is 10.2. The minimum absolute atomic E-state index is 0.106. The molecular formula is C24H24N2O4. The number of rotatable bonds is 9. The van der Waals surface area contributed by atoms with Gasteiger partial charge in [-0.1, -0.05) is 37.3 Å². The Morgan fingerprint density at radius 3 is 2.23 bits per heavy atom. The van der Waals surface area contributed by atoms with E-state index in [1.807, 2.05) is 31.2 Å². The van der Waals surface area contributed by atoms with Crippen molar-refractivity contribution < 1.29 is 19.1 Å². The van der Waals surface area contributed by atoms with Crippen LogP contribution in [0.1, 0.15) is 23.7 Å². The zero-order valence-electron chi connectivity index (χ0n) is 16.8. The van der Waals surface area contributed by atoms with Gasteiger partial charge in [0, 0.05) is 16.9 Å². The lowest BCUT2D eigenvalue weighted by Gasteiger charge is -2.10. The Hall–Kier alpha value is -3.80. The molecule has 0 aromatic heterocycles. The summed E-state index contributed by atoms with van der Waals surface area (Å²) in [4.78, 5) is 24.7. The van der Waals surface area contributed by atoms with Crippen LogP contribution >= 0.6 is 0 Å². The van der Waals surface area contributed by atoms with Gasteiger partial charge >= 0.3 is 0 Å². The number of hydrogen-bond acceptors (Lipinski definition) is 4. The largest absolute Gasteiger partial charge is 0.494 e. The molecule has 0 heterocycles. The van der Waals surface area contributed by atoms with Crippen LogP contribution in [0.3, 0.4) is 0 Å². The number of anilines is 2. The van der Waals surface area contributed by atoms with Crippen LogP contribution in [-0.4, -0.2) is 25.0 Å². The van der Waals surface area contributed by atoms with Crippen LogP contribution in [0, 0.1) is 0 Å². The second kappa shape index (κ2) is 10.7. The number of hydrogen-bond donors (Lipinski definition) is 2. The molecule has 2 amide bonds. The zero-order valence-corrected chi connectivity index (χ0v) is 16.8. The summed E-state index contributed by atoms with van der Waals surface area (Å²) < 4.78 is 11.0. The molecule has 0 radical (unpaired) electrons. The molecule has 3 rings (SSSR count). The van der Waals surface area contributed by atoms with E-state index in [1.165, 1.54) is 0 Å². The Labute approximate surface area is 175 Å². The Morgan fingerprint density at radius 1 is 0.767 bits per heavy atom. The predicted molar refractivity (Wildman–Crippen MR) is 117 cm³/mol. The van der Waals surface area contributed by atoms with Gasteiger partial charge in [-0.25, -0.2) is 0 Å². The van der Waals surface area contributed by atoms with Gasteiger partial charge in [-0.05, 0) is 55.0 Å². The fourth-order valence-electron chi connectivity index (χ4n) is 2.69. The highest BCUT2D eigenvalue weighted by Gasteiger charge is 2.09. The minimum atomic E-state index is -0.289. The Kier molecular flexibility index (Phi) is 7.44. The predicted octanol–water partition coefficient (Wildman–Crippen LogP) is 4.75. The molecule has 6 nitrogen and oxygen atoms in total. The van der Waals surface area contributed by atoms with Gasteiger partial charge in [0.05, 0.1) is 6.61 Å². The fourth-order valence-corrected chi connectivity index (χ4v) is 2.69. The zero-order chi connectivity index (χ0) is 21.2. The van der Waals surface area contributed by atoms with Crippen LogP contribution in [0.2, 0.25) is 0 Å². The van der Waals surface area contributed by atoms with E-state index < -0.39 is 0 Å². The van der Waals surface area contributed by atoms with E-state index >= 15 is 0 Å². The molecule has 0 saturated heterocycles. The van der Waals surface area contributed by atoms with Crippen LogP contribution in [0.25, 0.3) is 0 Å². The van der Waals surface area contributed by atoms with Gasteiger partial charge in [0.1, 0.15) is 11.5 Å². The van der Waals surface area contributed by atoms with E-state index in [4.69, 9.17) is 9.47 Å². The lowest BCUT2D eigenvalue weighted by molar-refractivity contribution is -0.118. The maximum absolute atomic E-state index is 12.6. The number of carbonyl (C=O) groups excluding carboxylic acids is 2. The molecule has 30 heavy (non-hydrogen) atoms. The highest BCUT2D eigenvalue weighted by Crippen LogP contribution is 2.18. The van der Waals surface area contributed by atoms with Crippen LogP contribution in [0.5, 0.6) is 11.5 Å². The highest BCUT2D eigenvalue weighted by atomic mass is 16.5. The first-order valence-corrected chi connectivity index (χ1v) is 9.76. The molecule has 0 fully saturated rings. The van der Waals surface area contributed by atoms with Crippen molar-refractivity contribution in [2.24, 2.45) is 0 Å². The molecule has 0 aliphatic rings. The van der Waals surface area contributed by atoms with Crippen LogP contribution < -0.4 is 20.1 Å². The van der Waals surface area contributed by atoms with Gasteiger partial charge in [-0.15, -0.1) is 0 Å². The summed E-state index contributed by atoms with van der Waals surface area (Å²) in [5.74, 6) is 0.735. The van der Waals surface area contributed by atoms with E-state index in [1.54, 1.807) is 54.6 Å². The summed E-state index contributed by atoms with van der Waals surface area (Å²) in [6.45, 7) is 2.52. The van der Waals surface area contributed by atoms with Crippen LogP contribution in [-0.2, 0) is 4.79 Å². The molecule has 0 atom stereocenters. The number of amides is 2. The minimum Gasteiger partial charge on any atom is -0.494 e. The number of para-hydroxylation sites is 1. The van der Waals surface area contributed by atoms with Gasteiger partial charge in [0.2, 0.25) is 0 Å². The van der Waals surface area contributed by atoms with E-state index in [2.05, 4.69) is 10.6 Å². The number of nitrogens with one attached hydrogen (secondary N) is 2. The summed E-state index contributed by atoms with van der Waals surface area (Å²) in [6, 6.07) is 23.1. The first-order valence-electron chi connectivity index (χ1n) is 9.76. The first kappa shape index (κ1) is 20.9. The maximum atomic E-state index is 12.6. The first-order chi connectivity index (χ1) is 14.6. The molecule has 154 valence electrons. The topological polar surface area (TPSA) is 76.7 Å². The second-order valence-electron chi connectivity index (χ2n) is 6.56. The number of ether oxygens (including phenoxy) is 2. The molecule has 0 saturated carbocycles. The quantitative estimate of drug-likeness (QED) is 0.540. The smallest absolute Gasteiger partial charge is 0.262 e. The van der Waals surface area contributed by atoms with Crippen molar-refractivity contribution in [2.45, 2.75) is 13.3 Å². The van der Waals surface area contributed by atoms with Crippen molar-refractivity contribution in [1.29, 1.82) is 0 Å². The molecule has 6 heteroatoms. The Bertz CT molecular complexity index is 989. The van der Waals surface area contributed by atoms with Gasteiger partial charge < -0.3 is 20.1 Å². The third-order valence-corrected chi connectivity index (χ3v) is 4.09. The van der Waals surface area contributed by atoms with E-state index in [-0.39, 0.29) is 18.4 Å². The molecular weight excluding hydrogens is 380 g/mol. The lowest BCUT2D eigenvalue weighted by Crippen LogP contribution is -2.20. The summed E-state index contributed by atoms with van der Waals surface area (Å²) in [5.41, 5.74) is 1.63. The Morgan fingerprint density at radius 2 is 1.47 bits per heavy atom. The highest BCUT2D eigenvalue weighted by molar-refractivity contribution is 6.05. The molecule has 3 aromatic carbocycles. The van der Waals surface area contributed by atoms with Crippen molar-refractivity contribution in [3.8, 4) is 11.5 Å². The summed E-state index contributed by atoms with van der Waals surface area (Å²) >= 11 is 0. The van der Waals surface area contributed by atoms with Gasteiger partial charge in [0.15, 0.2) is 6.61 Å². The van der Waals surface area contributed by atoms with Crippen molar-refractivity contribution in [3.05, 3.63) is 84.4 Å². The van der Waals surface area contributed by atoms with E-state index in [9.17, 15) is 9.59 Å². The average molecular weight is 404 g/mol. The molecule has 3 aromatic rings. The van der Waals surface area contributed by atoms with Crippen molar-refractivity contribution in [3.63, 3.8) is 0 Å². The molecule has 0 bridgehead atoms. The second-order valence-corrected chi connectivity index (χ2v) is 6.56. The molecule has 0 aliphatic heterocycles. The average Bonchev–Trinajstić information content (AvgIpc) is 2.77. The van der Waals surface area contributed by atoms with Gasteiger partial charge in [0.25, 0.3) is 11.8 Å². The van der Waals surface area contributed by atoms with Crippen molar-refractivity contribution >= 4 is 23.2 Å². The summed E-state index contributed by atoms with van der Waals surface area (Å²) in [7, 11) is 0. The monoisotopic (exact) mass is 404 g/mol. The summed E-state index contributed by atoms with van der Waals surface area (Å²) in [5, 5.41) is 5.60. The fraction of sp³-hybridized carbons (Fsp3) is 0.167.